The summed E-state index contributed by atoms with van der Waals surface area (Å²) >= 11 is 6.10. The van der Waals surface area contributed by atoms with Gasteiger partial charge in [0.15, 0.2) is 0 Å². The molecule has 0 radical (unpaired) electrons. The minimum Gasteiger partial charge on any atom is -0.469 e. The average Bonchev–Trinajstić information content (AvgIpc) is 2.84. The van der Waals surface area contributed by atoms with Crippen molar-refractivity contribution in [1.29, 1.82) is 0 Å². The number of ether oxygens (including phenoxy) is 1. The molecule has 1 aromatic carbocycles. The van der Waals surface area contributed by atoms with Gasteiger partial charge in [0.2, 0.25) is 20.0 Å². The first-order valence-corrected chi connectivity index (χ1v) is 10.7. The van der Waals surface area contributed by atoms with Crippen LogP contribution in [0.15, 0.2) is 18.2 Å². The molecule has 8 nitrogen and oxygen atoms in total. The number of methoxy groups -OCH3 is 1. The number of rotatable bonds is 6. The molecule has 1 aromatic rings. The van der Waals surface area contributed by atoms with E-state index in [4.69, 9.17) is 11.6 Å². The van der Waals surface area contributed by atoms with E-state index in [0.717, 1.165) is 0 Å². The van der Waals surface area contributed by atoms with Crippen LogP contribution in [0.4, 0.5) is 11.4 Å². The summed E-state index contributed by atoms with van der Waals surface area (Å²) in [7, 11) is -5.95. The highest BCUT2D eigenvalue weighted by Crippen LogP contribution is 2.33. The van der Waals surface area contributed by atoms with Gasteiger partial charge in [-0.1, -0.05) is 11.6 Å². The highest BCUT2D eigenvalue weighted by Gasteiger charge is 2.30. The van der Waals surface area contributed by atoms with Crippen molar-refractivity contribution in [2.75, 3.05) is 34.2 Å². The highest BCUT2D eigenvalue weighted by atomic mass is 35.5. The van der Waals surface area contributed by atoms with Crippen molar-refractivity contribution in [3.8, 4) is 0 Å². The fourth-order valence-electron chi connectivity index (χ4n) is 2.23. The van der Waals surface area contributed by atoms with Crippen molar-refractivity contribution < 1.29 is 26.4 Å². The Kier molecular flexibility index (Phi) is 5.61. The molecular weight excluding hydrogens is 380 g/mol. The second-order valence-corrected chi connectivity index (χ2v) is 9.42. The molecule has 24 heavy (non-hydrogen) atoms. The van der Waals surface area contributed by atoms with E-state index in [1.807, 2.05) is 0 Å². The van der Waals surface area contributed by atoms with E-state index in [2.05, 4.69) is 9.46 Å². The molecular formula is C13H17ClN2O6S2. The van der Waals surface area contributed by atoms with E-state index >= 15 is 0 Å². The van der Waals surface area contributed by atoms with Crippen LogP contribution < -0.4 is 9.03 Å². The number of anilines is 2. The van der Waals surface area contributed by atoms with Crippen LogP contribution in [0.2, 0.25) is 5.02 Å². The molecule has 1 aliphatic rings. The fourth-order valence-corrected chi connectivity index (χ4v) is 5.17. The molecule has 1 saturated heterocycles. The van der Waals surface area contributed by atoms with Crippen LogP contribution in [-0.2, 0) is 29.6 Å². The van der Waals surface area contributed by atoms with Gasteiger partial charge in [-0.05, 0) is 24.6 Å². The molecule has 1 N–H and O–H groups in total. The predicted molar refractivity (Wildman–Crippen MR) is 91.2 cm³/mol. The Morgan fingerprint density at radius 2 is 2.12 bits per heavy atom. The number of carbonyl (C=O) groups excluding carboxylic acids is 1. The summed E-state index contributed by atoms with van der Waals surface area (Å²) in [4.78, 5) is 11.0. The van der Waals surface area contributed by atoms with E-state index in [1.54, 1.807) is 0 Å². The molecule has 0 bridgehead atoms. The lowest BCUT2D eigenvalue weighted by molar-refractivity contribution is -0.140. The molecule has 0 aliphatic carbocycles. The molecule has 1 heterocycles. The molecule has 0 unspecified atom stereocenters. The van der Waals surface area contributed by atoms with E-state index in [1.165, 1.54) is 29.6 Å². The summed E-state index contributed by atoms with van der Waals surface area (Å²) in [5.74, 6) is -1.00. The Balaban J connectivity index is 2.14. The van der Waals surface area contributed by atoms with Gasteiger partial charge in [-0.15, -0.1) is 0 Å². The number of sulfonamides is 2. The zero-order valence-corrected chi connectivity index (χ0v) is 15.2. The molecule has 1 aliphatic heterocycles. The summed E-state index contributed by atoms with van der Waals surface area (Å²) in [6.45, 7) is 0.340. The Morgan fingerprint density at radius 3 is 2.67 bits per heavy atom. The van der Waals surface area contributed by atoms with Crippen LogP contribution in [-0.4, -0.2) is 48.0 Å². The van der Waals surface area contributed by atoms with Gasteiger partial charge in [0.1, 0.15) is 0 Å². The largest absolute Gasteiger partial charge is 0.469 e. The number of halogens is 1. The van der Waals surface area contributed by atoms with Gasteiger partial charge >= 0.3 is 5.97 Å². The monoisotopic (exact) mass is 396 g/mol. The first kappa shape index (κ1) is 18.8. The number of esters is 1. The van der Waals surface area contributed by atoms with E-state index in [-0.39, 0.29) is 22.9 Å². The van der Waals surface area contributed by atoms with Gasteiger partial charge in [-0.25, -0.2) is 16.8 Å². The van der Waals surface area contributed by atoms with Crippen molar-refractivity contribution in [2.45, 2.75) is 12.8 Å². The number of hydrogen-bond acceptors (Lipinski definition) is 6. The van der Waals surface area contributed by atoms with Crippen LogP contribution in [0.5, 0.6) is 0 Å². The van der Waals surface area contributed by atoms with E-state index < -0.39 is 31.8 Å². The van der Waals surface area contributed by atoms with Crippen molar-refractivity contribution in [3.63, 3.8) is 0 Å². The van der Waals surface area contributed by atoms with Crippen molar-refractivity contribution >= 4 is 49.0 Å². The molecule has 2 rings (SSSR count). The molecule has 1 fully saturated rings. The summed E-state index contributed by atoms with van der Waals surface area (Å²) in [6, 6.07) is 4.20. The fraction of sp³-hybridized carbons (Fsp3) is 0.462. The van der Waals surface area contributed by atoms with Gasteiger partial charge in [0, 0.05) is 6.54 Å². The SMILES string of the molecule is COC(=O)CCS(=O)(=O)Nc1ccc(N2CCCS2(=O)=O)c(Cl)c1. The molecule has 11 heteroatoms. The van der Waals surface area contributed by atoms with Crippen LogP contribution in [0, 0.1) is 0 Å². The maximum absolute atomic E-state index is 11.9. The summed E-state index contributed by atoms with van der Waals surface area (Å²) in [5.41, 5.74) is 0.497. The minimum absolute atomic E-state index is 0.0608. The molecule has 0 amide bonds. The quantitative estimate of drug-likeness (QED) is 0.723. The van der Waals surface area contributed by atoms with E-state index in [9.17, 15) is 21.6 Å². The normalized spacial score (nSPS) is 16.8. The molecule has 0 saturated carbocycles. The van der Waals surface area contributed by atoms with Crippen molar-refractivity contribution in [3.05, 3.63) is 23.2 Å². The lowest BCUT2D eigenvalue weighted by atomic mass is 10.3. The topological polar surface area (TPSA) is 110 Å². The number of hydrogen-bond donors (Lipinski definition) is 1. The summed E-state index contributed by atoms with van der Waals surface area (Å²) in [6.07, 6.45) is 0.240. The van der Waals surface area contributed by atoms with Crippen LogP contribution in [0.25, 0.3) is 0 Å². The average molecular weight is 397 g/mol. The third kappa shape index (κ3) is 4.52. The standard InChI is InChI=1S/C13H17ClN2O6S2/c1-22-13(17)5-8-23(18,19)15-10-3-4-12(11(14)9-10)16-6-2-7-24(16,20)21/h3-4,9,15H,2,5-8H2,1H3. The maximum Gasteiger partial charge on any atom is 0.306 e. The van der Waals surface area contributed by atoms with Gasteiger partial charge < -0.3 is 4.74 Å². The Morgan fingerprint density at radius 1 is 1.42 bits per heavy atom. The lowest BCUT2D eigenvalue weighted by Gasteiger charge is -2.19. The maximum atomic E-state index is 11.9. The van der Waals surface area contributed by atoms with Crippen LogP contribution in [0.3, 0.4) is 0 Å². The lowest BCUT2D eigenvalue weighted by Crippen LogP contribution is -2.25. The summed E-state index contributed by atoms with van der Waals surface area (Å²) in [5, 5.41) is 0.119. The van der Waals surface area contributed by atoms with Gasteiger partial charge in [0.25, 0.3) is 0 Å². The zero-order chi connectivity index (χ0) is 18.0. The number of carbonyl (C=O) groups is 1. The zero-order valence-electron chi connectivity index (χ0n) is 12.9. The Hall–Kier alpha value is -1.52. The van der Waals surface area contributed by atoms with Crippen molar-refractivity contribution in [2.24, 2.45) is 0 Å². The second-order valence-electron chi connectivity index (χ2n) is 5.15. The molecule has 0 aromatic heterocycles. The number of nitrogens with zero attached hydrogens (tertiary/aromatic N) is 1. The Bertz CT molecular complexity index is 838. The summed E-state index contributed by atoms with van der Waals surface area (Å²) < 4.78 is 55.5. The smallest absolute Gasteiger partial charge is 0.306 e. The van der Waals surface area contributed by atoms with Gasteiger partial charge in [0.05, 0.1) is 41.4 Å². The second kappa shape index (κ2) is 7.16. The third-order valence-corrected chi connectivity index (χ3v) is 6.84. The van der Waals surface area contributed by atoms with E-state index in [0.29, 0.717) is 18.7 Å². The molecule has 0 atom stereocenters. The predicted octanol–water partition coefficient (Wildman–Crippen LogP) is 1.18. The first-order valence-electron chi connectivity index (χ1n) is 7.02. The minimum atomic E-state index is -3.75. The molecule has 134 valence electrons. The molecule has 0 spiro atoms. The Labute approximate surface area is 145 Å². The number of benzene rings is 1. The van der Waals surface area contributed by atoms with Gasteiger partial charge in [-0.2, -0.15) is 0 Å². The van der Waals surface area contributed by atoms with Crippen LogP contribution >= 0.6 is 11.6 Å². The highest BCUT2D eigenvalue weighted by molar-refractivity contribution is 7.93. The first-order chi connectivity index (χ1) is 11.1. The third-order valence-electron chi connectivity index (χ3n) is 3.39. The van der Waals surface area contributed by atoms with Crippen LogP contribution in [0.1, 0.15) is 12.8 Å². The van der Waals surface area contributed by atoms with Gasteiger partial charge in [-0.3, -0.25) is 13.8 Å². The number of nitrogens with one attached hydrogen (secondary N) is 1. The van der Waals surface area contributed by atoms with Crippen molar-refractivity contribution in [1.82, 2.24) is 0 Å².